The summed E-state index contributed by atoms with van der Waals surface area (Å²) >= 11 is 0. The molecule has 4 heterocycles. The van der Waals surface area contributed by atoms with Crippen LogP contribution in [0.15, 0.2) is 48.9 Å². The van der Waals surface area contributed by atoms with Crippen LogP contribution < -0.4 is 10.6 Å². The zero-order chi connectivity index (χ0) is 26.6. The molecule has 0 aliphatic carbocycles. The first-order valence-corrected chi connectivity index (χ1v) is 12.7. The molecule has 0 unspecified atom stereocenters. The summed E-state index contributed by atoms with van der Waals surface area (Å²) in [4.78, 5) is 14.5. The van der Waals surface area contributed by atoms with Crippen molar-refractivity contribution >= 4 is 33.8 Å². The smallest absolute Gasteiger partial charge is 0.264 e. The van der Waals surface area contributed by atoms with Gasteiger partial charge >= 0.3 is 0 Å². The molecular weight excluding hydrogens is 488 g/mol. The lowest BCUT2D eigenvalue weighted by atomic mass is 9.92. The number of carbonyl (C=O) groups excluding carboxylic acids is 1. The van der Waals surface area contributed by atoms with Gasteiger partial charge in [-0.05, 0) is 60.2 Å². The number of fused-ring (bicyclic) bond motifs is 2. The van der Waals surface area contributed by atoms with Gasteiger partial charge in [0.25, 0.3) is 12.3 Å². The van der Waals surface area contributed by atoms with Crippen molar-refractivity contribution < 1.29 is 18.3 Å². The number of nitrogens with zero attached hydrogens (tertiary/aromatic N) is 4. The Morgan fingerprint density at radius 2 is 1.95 bits per heavy atom. The standard InChI is InChI=1S/C29H29F2N5O2/c1-34-16-25(29(32)37)23-12-20(11-22(27(23)34)17-5-8-38-9-6-17)36-7-3-4-18-10-21(19-14-33-35(2)15-19)24(28(30)31)13-26(18)36/h5,10-16,28H,3-4,6-9H2,1-2H3,(H2,32,37). The zero-order valence-corrected chi connectivity index (χ0v) is 21.4. The van der Waals surface area contributed by atoms with Crippen molar-refractivity contribution in [3.05, 3.63) is 71.2 Å². The van der Waals surface area contributed by atoms with Crippen LogP contribution in [0.5, 0.6) is 0 Å². The number of halogens is 2. The number of nitrogens with two attached hydrogens (primary N) is 1. The van der Waals surface area contributed by atoms with Crippen LogP contribution >= 0.6 is 0 Å². The molecule has 2 N–H and O–H groups in total. The van der Waals surface area contributed by atoms with E-state index >= 15 is 0 Å². The van der Waals surface area contributed by atoms with Crippen LogP contribution in [0.1, 0.15) is 46.3 Å². The highest BCUT2D eigenvalue weighted by molar-refractivity contribution is 6.10. The van der Waals surface area contributed by atoms with Crippen LogP contribution in [-0.4, -0.2) is 40.0 Å². The SMILES string of the molecule is Cn1cc(-c2cc3c(cc2C(F)F)N(c2cc(C4=CCOCC4)c4c(c2)c(C(N)=O)cn4C)CCC3)cn1. The van der Waals surface area contributed by atoms with Gasteiger partial charge in [-0.2, -0.15) is 5.10 Å². The van der Waals surface area contributed by atoms with Crippen molar-refractivity contribution in [3.8, 4) is 11.1 Å². The number of hydrogen-bond donors (Lipinski definition) is 1. The third kappa shape index (κ3) is 4.07. The van der Waals surface area contributed by atoms with Crippen molar-refractivity contribution in [2.75, 3.05) is 24.7 Å². The number of primary amides is 1. The molecule has 0 radical (unpaired) electrons. The third-order valence-electron chi connectivity index (χ3n) is 7.57. The molecule has 9 heteroatoms. The van der Waals surface area contributed by atoms with Gasteiger partial charge in [0.15, 0.2) is 0 Å². The van der Waals surface area contributed by atoms with Gasteiger partial charge < -0.3 is 19.9 Å². The summed E-state index contributed by atoms with van der Waals surface area (Å²) in [6.45, 7) is 1.81. The Balaban J connectivity index is 1.56. The number of rotatable bonds is 5. The second-order valence-electron chi connectivity index (χ2n) is 9.99. The molecule has 38 heavy (non-hydrogen) atoms. The fraction of sp³-hybridized carbons (Fsp3) is 0.310. The van der Waals surface area contributed by atoms with Gasteiger partial charge in [-0.15, -0.1) is 0 Å². The molecule has 0 atom stereocenters. The Labute approximate surface area is 219 Å². The number of benzene rings is 2. The number of alkyl halides is 2. The minimum Gasteiger partial charge on any atom is -0.377 e. The van der Waals surface area contributed by atoms with Gasteiger partial charge in [0.2, 0.25) is 0 Å². The number of aromatic nitrogens is 3. The molecule has 2 aliphatic heterocycles. The van der Waals surface area contributed by atoms with E-state index in [-0.39, 0.29) is 5.56 Å². The van der Waals surface area contributed by atoms with E-state index < -0.39 is 12.3 Å². The van der Waals surface area contributed by atoms with Crippen molar-refractivity contribution in [1.82, 2.24) is 14.3 Å². The quantitative estimate of drug-likeness (QED) is 0.379. The Kier molecular flexibility index (Phi) is 6.03. The summed E-state index contributed by atoms with van der Waals surface area (Å²) in [6, 6.07) is 7.58. The lowest BCUT2D eigenvalue weighted by molar-refractivity contribution is 0.100. The molecule has 2 aliphatic rings. The van der Waals surface area contributed by atoms with Crippen LogP contribution in [0.25, 0.3) is 27.6 Å². The highest BCUT2D eigenvalue weighted by atomic mass is 19.3. The van der Waals surface area contributed by atoms with Crippen LogP contribution in [0.4, 0.5) is 20.2 Å². The molecule has 0 saturated heterocycles. The molecule has 7 nitrogen and oxygen atoms in total. The van der Waals surface area contributed by atoms with E-state index in [9.17, 15) is 13.6 Å². The predicted molar refractivity (Wildman–Crippen MR) is 144 cm³/mol. The Bertz CT molecular complexity index is 1600. The first kappa shape index (κ1) is 24.4. The van der Waals surface area contributed by atoms with E-state index in [0.717, 1.165) is 58.2 Å². The van der Waals surface area contributed by atoms with Gasteiger partial charge in [0, 0.05) is 66.5 Å². The molecule has 1 amide bonds. The second kappa shape index (κ2) is 9.40. The topological polar surface area (TPSA) is 78.3 Å². The Morgan fingerprint density at radius 1 is 1.11 bits per heavy atom. The van der Waals surface area contributed by atoms with E-state index in [1.54, 1.807) is 36.4 Å². The normalized spacial score (nSPS) is 15.7. The van der Waals surface area contributed by atoms with Gasteiger partial charge in [-0.1, -0.05) is 6.08 Å². The lowest BCUT2D eigenvalue weighted by Crippen LogP contribution is -2.25. The van der Waals surface area contributed by atoms with Crippen LogP contribution in [0.3, 0.4) is 0 Å². The molecule has 0 bridgehead atoms. The number of amides is 1. The molecule has 2 aromatic carbocycles. The van der Waals surface area contributed by atoms with Crippen LogP contribution in [0.2, 0.25) is 0 Å². The number of anilines is 2. The van der Waals surface area contributed by atoms with E-state index in [2.05, 4.69) is 22.1 Å². The molecule has 2 aromatic heterocycles. The molecule has 0 fully saturated rings. The Morgan fingerprint density at radius 3 is 2.63 bits per heavy atom. The van der Waals surface area contributed by atoms with Gasteiger partial charge in [-0.25, -0.2) is 8.78 Å². The Hall–Kier alpha value is -3.98. The average molecular weight is 518 g/mol. The fourth-order valence-corrected chi connectivity index (χ4v) is 5.81. The van der Waals surface area contributed by atoms with Gasteiger partial charge in [0.1, 0.15) is 0 Å². The first-order valence-electron chi connectivity index (χ1n) is 12.7. The number of carbonyl (C=O) groups is 1. The number of hydrogen-bond acceptors (Lipinski definition) is 4. The minimum absolute atomic E-state index is 0.0189. The van der Waals surface area contributed by atoms with E-state index in [1.165, 1.54) is 0 Å². The highest BCUT2D eigenvalue weighted by Gasteiger charge is 2.27. The molecular formula is C29H29F2N5O2. The van der Waals surface area contributed by atoms with Crippen LogP contribution in [-0.2, 0) is 25.3 Å². The van der Waals surface area contributed by atoms with E-state index in [1.807, 2.05) is 23.7 Å². The number of ether oxygens (including phenoxy) is 1. The fourth-order valence-electron chi connectivity index (χ4n) is 5.81. The lowest BCUT2D eigenvalue weighted by Gasteiger charge is -2.33. The maximum Gasteiger partial charge on any atom is 0.264 e. The number of aryl methyl sites for hydroxylation is 3. The molecule has 6 rings (SSSR count). The maximum absolute atomic E-state index is 14.4. The molecule has 0 saturated carbocycles. The zero-order valence-electron chi connectivity index (χ0n) is 21.4. The minimum atomic E-state index is -2.64. The summed E-state index contributed by atoms with van der Waals surface area (Å²) in [5, 5.41) is 4.94. The van der Waals surface area contributed by atoms with E-state index in [4.69, 9.17) is 10.5 Å². The van der Waals surface area contributed by atoms with Crippen molar-refractivity contribution in [1.29, 1.82) is 0 Å². The maximum atomic E-state index is 14.4. The average Bonchev–Trinajstić information content (AvgIpc) is 3.50. The van der Waals surface area contributed by atoms with E-state index in [0.29, 0.717) is 36.4 Å². The third-order valence-corrected chi connectivity index (χ3v) is 7.57. The summed E-state index contributed by atoms with van der Waals surface area (Å²) in [7, 11) is 3.68. The molecule has 4 aromatic rings. The summed E-state index contributed by atoms with van der Waals surface area (Å²) < 4.78 is 37.8. The molecule has 0 spiro atoms. The second-order valence-corrected chi connectivity index (χ2v) is 9.99. The summed E-state index contributed by atoms with van der Waals surface area (Å²) in [5.74, 6) is -0.500. The van der Waals surface area contributed by atoms with Gasteiger partial charge in [-0.3, -0.25) is 9.48 Å². The van der Waals surface area contributed by atoms with Crippen molar-refractivity contribution in [3.63, 3.8) is 0 Å². The first-order chi connectivity index (χ1) is 18.3. The van der Waals surface area contributed by atoms with Crippen LogP contribution in [0, 0.1) is 0 Å². The predicted octanol–water partition coefficient (Wildman–Crippen LogP) is 5.50. The van der Waals surface area contributed by atoms with Crippen molar-refractivity contribution in [2.24, 2.45) is 19.8 Å². The highest BCUT2D eigenvalue weighted by Crippen LogP contribution is 2.43. The summed E-state index contributed by atoms with van der Waals surface area (Å²) in [6.07, 6.45) is 6.98. The van der Waals surface area contributed by atoms with Gasteiger partial charge in [0.05, 0.1) is 30.5 Å². The molecule has 196 valence electrons. The van der Waals surface area contributed by atoms with Crippen molar-refractivity contribution in [2.45, 2.75) is 25.7 Å². The largest absolute Gasteiger partial charge is 0.377 e. The monoisotopic (exact) mass is 517 g/mol. The summed E-state index contributed by atoms with van der Waals surface area (Å²) in [5.41, 5.74) is 13.1.